The Hall–Kier alpha value is -1.13. The SMILES string of the molecule is COCCNCc1ccc(N(C)C)c(F)c1. The minimum atomic E-state index is -0.184. The molecule has 0 amide bonds. The molecule has 16 heavy (non-hydrogen) atoms. The number of anilines is 1. The van der Waals surface area contributed by atoms with Crippen LogP contribution in [0, 0.1) is 5.82 Å². The van der Waals surface area contributed by atoms with Gasteiger partial charge in [0.15, 0.2) is 0 Å². The normalized spacial score (nSPS) is 10.5. The Morgan fingerprint density at radius 2 is 2.12 bits per heavy atom. The zero-order valence-electron chi connectivity index (χ0n) is 10.1. The summed E-state index contributed by atoms with van der Waals surface area (Å²) in [5.74, 6) is -0.184. The van der Waals surface area contributed by atoms with Crippen molar-refractivity contribution in [2.75, 3.05) is 39.3 Å². The minimum absolute atomic E-state index is 0.184. The third-order valence-electron chi connectivity index (χ3n) is 2.31. The van der Waals surface area contributed by atoms with Crippen LogP contribution in [0.3, 0.4) is 0 Å². The lowest BCUT2D eigenvalue weighted by atomic mass is 10.2. The van der Waals surface area contributed by atoms with Crippen LogP contribution in [0.1, 0.15) is 5.56 Å². The summed E-state index contributed by atoms with van der Waals surface area (Å²) in [4.78, 5) is 1.76. The zero-order chi connectivity index (χ0) is 12.0. The van der Waals surface area contributed by atoms with Crippen molar-refractivity contribution in [1.29, 1.82) is 0 Å². The molecule has 3 nitrogen and oxygen atoms in total. The Morgan fingerprint density at radius 1 is 1.38 bits per heavy atom. The zero-order valence-corrected chi connectivity index (χ0v) is 10.1. The molecule has 0 spiro atoms. The maximum atomic E-state index is 13.6. The van der Waals surface area contributed by atoms with Crippen LogP contribution in [0.4, 0.5) is 10.1 Å². The number of rotatable bonds is 6. The highest BCUT2D eigenvalue weighted by Crippen LogP contribution is 2.17. The van der Waals surface area contributed by atoms with Crippen molar-refractivity contribution in [3.8, 4) is 0 Å². The van der Waals surface area contributed by atoms with Gasteiger partial charge in [-0.2, -0.15) is 0 Å². The van der Waals surface area contributed by atoms with Gasteiger partial charge in [-0.1, -0.05) is 6.07 Å². The molecule has 0 unspecified atom stereocenters. The van der Waals surface area contributed by atoms with Crippen molar-refractivity contribution < 1.29 is 9.13 Å². The summed E-state index contributed by atoms with van der Waals surface area (Å²) in [6, 6.07) is 5.29. The van der Waals surface area contributed by atoms with E-state index in [1.807, 2.05) is 20.2 Å². The van der Waals surface area contributed by atoms with Crippen LogP contribution in [0.2, 0.25) is 0 Å². The highest BCUT2D eigenvalue weighted by Gasteiger charge is 2.04. The summed E-state index contributed by atoms with van der Waals surface area (Å²) >= 11 is 0. The quantitative estimate of drug-likeness (QED) is 0.746. The lowest BCUT2D eigenvalue weighted by Crippen LogP contribution is -2.19. The first-order valence-electron chi connectivity index (χ1n) is 5.30. The summed E-state index contributed by atoms with van der Waals surface area (Å²) in [6.07, 6.45) is 0. The lowest BCUT2D eigenvalue weighted by Gasteiger charge is -2.14. The van der Waals surface area contributed by atoms with Crippen LogP contribution >= 0.6 is 0 Å². The Kier molecular flexibility index (Phi) is 5.22. The molecule has 0 aromatic heterocycles. The van der Waals surface area contributed by atoms with E-state index in [4.69, 9.17) is 4.74 Å². The molecule has 0 bridgehead atoms. The van der Waals surface area contributed by atoms with Crippen molar-refractivity contribution in [3.63, 3.8) is 0 Å². The number of halogens is 1. The molecule has 1 aromatic rings. The second-order valence-electron chi connectivity index (χ2n) is 3.85. The highest BCUT2D eigenvalue weighted by molar-refractivity contribution is 5.47. The summed E-state index contributed by atoms with van der Waals surface area (Å²) in [5, 5.41) is 3.17. The summed E-state index contributed by atoms with van der Waals surface area (Å²) in [7, 11) is 5.32. The van der Waals surface area contributed by atoms with Crippen LogP contribution in [0.5, 0.6) is 0 Å². The third kappa shape index (κ3) is 3.79. The van der Waals surface area contributed by atoms with Gasteiger partial charge in [-0.05, 0) is 17.7 Å². The summed E-state index contributed by atoms with van der Waals surface area (Å²) in [6.45, 7) is 2.10. The van der Waals surface area contributed by atoms with Crippen LogP contribution in [0.25, 0.3) is 0 Å². The first-order chi connectivity index (χ1) is 7.65. The van der Waals surface area contributed by atoms with Crippen molar-refractivity contribution in [3.05, 3.63) is 29.6 Å². The largest absolute Gasteiger partial charge is 0.383 e. The molecular formula is C12H19FN2O. The first kappa shape index (κ1) is 12.9. The molecule has 0 heterocycles. The van der Waals surface area contributed by atoms with Gasteiger partial charge in [-0.3, -0.25) is 0 Å². The monoisotopic (exact) mass is 226 g/mol. The molecule has 0 fully saturated rings. The average molecular weight is 226 g/mol. The van der Waals surface area contributed by atoms with Crippen LogP contribution in [-0.4, -0.2) is 34.4 Å². The molecular weight excluding hydrogens is 207 g/mol. The standard InChI is InChI=1S/C12H19FN2O/c1-15(2)12-5-4-10(8-11(12)13)9-14-6-7-16-3/h4-5,8,14H,6-7,9H2,1-3H3. The average Bonchev–Trinajstić information content (AvgIpc) is 2.24. The highest BCUT2D eigenvalue weighted by atomic mass is 19.1. The van der Waals surface area contributed by atoms with E-state index in [-0.39, 0.29) is 5.82 Å². The van der Waals surface area contributed by atoms with Gasteiger partial charge in [0.1, 0.15) is 5.82 Å². The predicted molar refractivity (Wildman–Crippen MR) is 64.3 cm³/mol. The number of nitrogens with zero attached hydrogens (tertiary/aromatic N) is 1. The van der Waals surface area contributed by atoms with E-state index in [9.17, 15) is 4.39 Å². The Balaban J connectivity index is 2.53. The van der Waals surface area contributed by atoms with Crippen LogP contribution < -0.4 is 10.2 Å². The fourth-order valence-corrected chi connectivity index (χ4v) is 1.43. The van der Waals surface area contributed by atoms with E-state index in [1.165, 1.54) is 0 Å². The molecule has 0 aliphatic carbocycles. The molecule has 1 N–H and O–H groups in total. The molecule has 0 atom stereocenters. The van der Waals surface area contributed by atoms with Crippen molar-refractivity contribution in [1.82, 2.24) is 5.32 Å². The Labute approximate surface area is 96.2 Å². The fraction of sp³-hybridized carbons (Fsp3) is 0.500. The van der Waals surface area contributed by atoms with Gasteiger partial charge < -0.3 is 15.0 Å². The van der Waals surface area contributed by atoms with Gasteiger partial charge in [-0.15, -0.1) is 0 Å². The van der Waals surface area contributed by atoms with Crippen LogP contribution in [-0.2, 0) is 11.3 Å². The molecule has 0 aliphatic heterocycles. The summed E-state index contributed by atoms with van der Waals surface area (Å²) in [5.41, 5.74) is 1.56. The van der Waals surface area contributed by atoms with E-state index in [1.54, 1.807) is 24.1 Å². The number of methoxy groups -OCH3 is 1. The maximum Gasteiger partial charge on any atom is 0.146 e. The molecule has 0 saturated carbocycles. The Morgan fingerprint density at radius 3 is 2.69 bits per heavy atom. The molecule has 0 saturated heterocycles. The smallest absolute Gasteiger partial charge is 0.146 e. The van der Waals surface area contributed by atoms with E-state index in [0.29, 0.717) is 18.8 Å². The summed E-state index contributed by atoms with van der Waals surface area (Å²) < 4.78 is 18.5. The maximum absolute atomic E-state index is 13.6. The number of nitrogens with one attached hydrogen (secondary N) is 1. The van der Waals surface area contributed by atoms with E-state index in [2.05, 4.69) is 5.32 Å². The molecule has 1 aromatic carbocycles. The minimum Gasteiger partial charge on any atom is -0.383 e. The molecule has 90 valence electrons. The second-order valence-corrected chi connectivity index (χ2v) is 3.85. The van der Waals surface area contributed by atoms with Gasteiger partial charge in [0.2, 0.25) is 0 Å². The van der Waals surface area contributed by atoms with Gasteiger partial charge >= 0.3 is 0 Å². The molecule has 0 aliphatic rings. The van der Waals surface area contributed by atoms with E-state index in [0.717, 1.165) is 12.1 Å². The van der Waals surface area contributed by atoms with Crippen molar-refractivity contribution in [2.24, 2.45) is 0 Å². The Bertz CT molecular complexity index is 329. The van der Waals surface area contributed by atoms with Crippen LogP contribution in [0.15, 0.2) is 18.2 Å². The molecule has 4 heteroatoms. The predicted octanol–water partition coefficient (Wildman–Crippen LogP) is 1.63. The second kappa shape index (κ2) is 6.45. The van der Waals surface area contributed by atoms with E-state index >= 15 is 0 Å². The van der Waals surface area contributed by atoms with Gasteiger partial charge in [-0.25, -0.2) is 4.39 Å². The molecule has 1 rings (SSSR count). The van der Waals surface area contributed by atoms with Gasteiger partial charge in [0, 0.05) is 34.3 Å². The van der Waals surface area contributed by atoms with Gasteiger partial charge in [0.25, 0.3) is 0 Å². The van der Waals surface area contributed by atoms with Crippen molar-refractivity contribution in [2.45, 2.75) is 6.54 Å². The lowest BCUT2D eigenvalue weighted by molar-refractivity contribution is 0.199. The van der Waals surface area contributed by atoms with E-state index < -0.39 is 0 Å². The topological polar surface area (TPSA) is 24.5 Å². The van der Waals surface area contributed by atoms with Crippen molar-refractivity contribution >= 4 is 5.69 Å². The fourth-order valence-electron chi connectivity index (χ4n) is 1.43. The first-order valence-corrected chi connectivity index (χ1v) is 5.30. The number of benzene rings is 1. The number of hydrogen-bond donors (Lipinski definition) is 1. The number of hydrogen-bond acceptors (Lipinski definition) is 3. The van der Waals surface area contributed by atoms with Gasteiger partial charge in [0.05, 0.1) is 12.3 Å². The molecule has 0 radical (unpaired) electrons. The number of ether oxygens (including phenoxy) is 1. The third-order valence-corrected chi connectivity index (χ3v) is 2.31.